The third-order valence-corrected chi connectivity index (χ3v) is 3.68. The fourth-order valence-corrected chi connectivity index (χ4v) is 3.07. The van der Waals surface area contributed by atoms with Gasteiger partial charge in [-0.05, 0) is 29.4 Å². The minimum atomic E-state index is 0.648. The summed E-state index contributed by atoms with van der Waals surface area (Å²) in [5.41, 5.74) is 8.48. The van der Waals surface area contributed by atoms with Crippen molar-refractivity contribution in [2.75, 3.05) is 13.1 Å². The van der Waals surface area contributed by atoms with Gasteiger partial charge in [-0.2, -0.15) is 0 Å². The lowest BCUT2D eigenvalue weighted by Crippen LogP contribution is -2.38. The van der Waals surface area contributed by atoms with Gasteiger partial charge in [0, 0.05) is 26.2 Å². The number of hydrogen-bond donors (Lipinski definition) is 1. The number of piperidine rings is 1. The molecule has 0 radical (unpaired) electrons. The number of hydrogen-bond acceptors (Lipinski definition) is 2. The van der Waals surface area contributed by atoms with Crippen molar-refractivity contribution in [3.8, 4) is 0 Å². The Kier molecular flexibility index (Phi) is 4.19. The molecule has 2 rings (SSSR count). The number of nitrogens with two attached hydrogens (primary N) is 1. The van der Waals surface area contributed by atoms with Gasteiger partial charge < -0.3 is 5.73 Å². The summed E-state index contributed by atoms with van der Waals surface area (Å²) < 4.78 is 0. The maximum Gasteiger partial charge on any atom is 0.0237 e. The molecule has 0 aliphatic carbocycles. The Morgan fingerprint density at radius 2 is 1.71 bits per heavy atom. The lowest BCUT2D eigenvalue weighted by molar-refractivity contribution is 0.134. The van der Waals surface area contributed by atoms with Crippen LogP contribution in [0.2, 0.25) is 0 Å². The Morgan fingerprint density at radius 1 is 1.12 bits per heavy atom. The van der Waals surface area contributed by atoms with E-state index in [4.69, 9.17) is 5.73 Å². The van der Waals surface area contributed by atoms with E-state index in [0.29, 0.717) is 6.54 Å². The molecule has 0 amide bonds. The monoisotopic (exact) mass is 232 g/mol. The molecule has 1 aromatic rings. The average Bonchev–Trinajstić information content (AvgIpc) is 2.28. The first-order chi connectivity index (χ1) is 8.19. The molecule has 1 saturated heterocycles. The highest BCUT2D eigenvalue weighted by Crippen LogP contribution is 2.23. The van der Waals surface area contributed by atoms with Crippen molar-refractivity contribution in [2.24, 2.45) is 17.6 Å². The fraction of sp³-hybridized carbons (Fsp3) is 0.600. The van der Waals surface area contributed by atoms with Gasteiger partial charge in [-0.25, -0.2) is 0 Å². The van der Waals surface area contributed by atoms with E-state index in [2.05, 4.69) is 43.0 Å². The van der Waals surface area contributed by atoms with Crippen LogP contribution in [0.15, 0.2) is 24.3 Å². The Labute approximate surface area is 105 Å². The van der Waals surface area contributed by atoms with Gasteiger partial charge in [0.15, 0.2) is 0 Å². The molecular formula is C15H24N2. The minimum absolute atomic E-state index is 0.648. The molecule has 0 aromatic heterocycles. The van der Waals surface area contributed by atoms with Crippen molar-refractivity contribution in [1.29, 1.82) is 0 Å². The second kappa shape index (κ2) is 5.65. The summed E-state index contributed by atoms with van der Waals surface area (Å²) in [7, 11) is 0. The molecule has 2 N–H and O–H groups in total. The second-order valence-electron chi connectivity index (χ2n) is 5.61. The standard InChI is InChI=1S/C15H24N2/c1-12-7-13(2)10-17(9-12)11-15-6-4-3-5-14(15)8-16/h3-6,12-13H,7-11,16H2,1-2H3. The van der Waals surface area contributed by atoms with Gasteiger partial charge in [0.1, 0.15) is 0 Å². The van der Waals surface area contributed by atoms with Gasteiger partial charge in [-0.1, -0.05) is 38.1 Å². The molecule has 0 saturated carbocycles. The molecule has 94 valence electrons. The first-order valence-electron chi connectivity index (χ1n) is 6.68. The number of nitrogens with zero attached hydrogens (tertiary/aromatic N) is 1. The Hall–Kier alpha value is -0.860. The highest BCUT2D eigenvalue weighted by molar-refractivity contribution is 5.26. The lowest BCUT2D eigenvalue weighted by Gasteiger charge is -2.35. The molecule has 17 heavy (non-hydrogen) atoms. The van der Waals surface area contributed by atoms with E-state index in [9.17, 15) is 0 Å². The topological polar surface area (TPSA) is 29.3 Å². The zero-order valence-corrected chi connectivity index (χ0v) is 11.0. The normalized spacial score (nSPS) is 26.1. The lowest BCUT2D eigenvalue weighted by atomic mass is 9.91. The largest absolute Gasteiger partial charge is 0.326 e. The third-order valence-electron chi connectivity index (χ3n) is 3.68. The summed E-state index contributed by atoms with van der Waals surface area (Å²) in [4.78, 5) is 2.58. The molecule has 1 heterocycles. The van der Waals surface area contributed by atoms with Crippen LogP contribution >= 0.6 is 0 Å². The van der Waals surface area contributed by atoms with Crippen molar-refractivity contribution >= 4 is 0 Å². The summed E-state index contributed by atoms with van der Waals surface area (Å²) in [5, 5.41) is 0. The van der Waals surface area contributed by atoms with Crippen molar-refractivity contribution in [1.82, 2.24) is 4.90 Å². The highest BCUT2D eigenvalue weighted by atomic mass is 15.1. The maximum atomic E-state index is 5.79. The van der Waals surface area contributed by atoms with Crippen molar-refractivity contribution < 1.29 is 0 Å². The van der Waals surface area contributed by atoms with Crippen LogP contribution in [0.1, 0.15) is 31.4 Å². The molecule has 1 aliphatic rings. The third kappa shape index (κ3) is 3.30. The molecule has 1 aliphatic heterocycles. The predicted octanol–water partition coefficient (Wildman–Crippen LogP) is 2.62. The summed E-state index contributed by atoms with van der Waals surface area (Å²) in [6.45, 7) is 8.87. The minimum Gasteiger partial charge on any atom is -0.326 e. The summed E-state index contributed by atoms with van der Waals surface area (Å²) in [6.07, 6.45) is 1.37. The smallest absolute Gasteiger partial charge is 0.0237 e. The molecule has 0 spiro atoms. The van der Waals surface area contributed by atoms with Gasteiger partial charge in [0.05, 0.1) is 0 Å². The van der Waals surface area contributed by atoms with E-state index in [-0.39, 0.29) is 0 Å². The second-order valence-corrected chi connectivity index (χ2v) is 5.61. The van der Waals surface area contributed by atoms with Crippen LogP contribution in [-0.4, -0.2) is 18.0 Å². The summed E-state index contributed by atoms with van der Waals surface area (Å²) in [5.74, 6) is 1.65. The zero-order valence-electron chi connectivity index (χ0n) is 11.0. The maximum absolute atomic E-state index is 5.79. The van der Waals surface area contributed by atoms with E-state index in [0.717, 1.165) is 18.4 Å². The molecule has 2 atom stereocenters. The van der Waals surface area contributed by atoms with E-state index < -0.39 is 0 Å². The Balaban J connectivity index is 2.04. The average molecular weight is 232 g/mol. The fourth-order valence-electron chi connectivity index (χ4n) is 3.07. The highest BCUT2D eigenvalue weighted by Gasteiger charge is 2.21. The van der Waals surface area contributed by atoms with Crippen LogP contribution in [-0.2, 0) is 13.1 Å². The zero-order chi connectivity index (χ0) is 12.3. The Bertz CT molecular complexity index is 352. The summed E-state index contributed by atoms with van der Waals surface area (Å²) >= 11 is 0. The number of benzene rings is 1. The van der Waals surface area contributed by atoms with Crippen molar-refractivity contribution in [2.45, 2.75) is 33.4 Å². The van der Waals surface area contributed by atoms with Crippen LogP contribution in [0.3, 0.4) is 0 Å². The van der Waals surface area contributed by atoms with E-state index >= 15 is 0 Å². The van der Waals surface area contributed by atoms with E-state index in [1.54, 1.807) is 0 Å². The van der Waals surface area contributed by atoms with Crippen molar-refractivity contribution in [3.05, 3.63) is 35.4 Å². The van der Waals surface area contributed by atoms with Crippen LogP contribution in [0.4, 0.5) is 0 Å². The number of rotatable bonds is 3. The first kappa shape index (κ1) is 12.6. The molecule has 2 heteroatoms. The van der Waals surface area contributed by atoms with Gasteiger partial charge >= 0.3 is 0 Å². The molecule has 1 aromatic carbocycles. The van der Waals surface area contributed by atoms with Crippen LogP contribution in [0.25, 0.3) is 0 Å². The molecule has 0 bridgehead atoms. The first-order valence-corrected chi connectivity index (χ1v) is 6.68. The van der Waals surface area contributed by atoms with E-state index in [1.165, 1.54) is 30.6 Å². The molecule has 2 nitrogen and oxygen atoms in total. The predicted molar refractivity (Wildman–Crippen MR) is 72.6 cm³/mol. The molecular weight excluding hydrogens is 208 g/mol. The van der Waals surface area contributed by atoms with Crippen LogP contribution < -0.4 is 5.73 Å². The van der Waals surface area contributed by atoms with Gasteiger partial charge in [-0.15, -0.1) is 0 Å². The van der Waals surface area contributed by atoms with Gasteiger partial charge in [0.2, 0.25) is 0 Å². The van der Waals surface area contributed by atoms with Crippen LogP contribution in [0.5, 0.6) is 0 Å². The number of likely N-dealkylation sites (tertiary alicyclic amines) is 1. The quantitative estimate of drug-likeness (QED) is 0.868. The van der Waals surface area contributed by atoms with Gasteiger partial charge in [-0.3, -0.25) is 4.90 Å². The van der Waals surface area contributed by atoms with Gasteiger partial charge in [0.25, 0.3) is 0 Å². The SMILES string of the molecule is CC1CC(C)CN(Cc2ccccc2CN)C1. The molecule has 1 fully saturated rings. The van der Waals surface area contributed by atoms with E-state index in [1.807, 2.05) is 0 Å². The molecule has 2 unspecified atom stereocenters. The summed E-state index contributed by atoms with van der Waals surface area (Å²) in [6, 6.07) is 8.55. The van der Waals surface area contributed by atoms with Crippen molar-refractivity contribution in [3.63, 3.8) is 0 Å². The van der Waals surface area contributed by atoms with Crippen LogP contribution in [0, 0.1) is 11.8 Å². The Morgan fingerprint density at radius 3 is 2.29 bits per heavy atom.